The van der Waals surface area contributed by atoms with Gasteiger partial charge in [0.1, 0.15) is 6.61 Å². The molecule has 0 aliphatic heterocycles. The normalized spacial score (nSPS) is 10.6. The molecule has 2 aromatic heterocycles. The second-order valence-corrected chi connectivity index (χ2v) is 5.92. The van der Waals surface area contributed by atoms with Crippen molar-refractivity contribution in [2.75, 3.05) is 14.2 Å². The first-order valence-electron chi connectivity index (χ1n) is 8.13. The molecule has 0 saturated carbocycles. The lowest BCUT2D eigenvalue weighted by atomic mass is 10.3. The highest BCUT2D eigenvalue weighted by molar-refractivity contribution is 5.92. The van der Waals surface area contributed by atoms with E-state index in [1.807, 2.05) is 37.3 Å². The Morgan fingerprint density at radius 2 is 1.92 bits per heavy atom. The van der Waals surface area contributed by atoms with E-state index in [9.17, 15) is 4.79 Å². The van der Waals surface area contributed by atoms with Gasteiger partial charge in [-0.1, -0.05) is 12.1 Å². The van der Waals surface area contributed by atoms with Crippen molar-refractivity contribution in [3.05, 3.63) is 59.2 Å². The minimum absolute atomic E-state index is 0.189. The molecule has 2 N–H and O–H groups in total. The molecule has 8 nitrogen and oxygen atoms in total. The summed E-state index contributed by atoms with van der Waals surface area (Å²) in [4.78, 5) is 14.1. The predicted octanol–water partition coefficient (Wildman–Crippen LogP) is 2.30. The third kappa shape index (κ3) is 4.02. The Bertz CT molecular complexity index is 886. The van der Waals surface area contributed by atoms with E-state index >= 15 is 0 Å². The highest BCUT2D eigenvalue weighted by Gasteiger charge is 2.17. The number of benzene rings is 1. The van der Waals surface area contributed by atoms with E-state index in [2.05, 4.69) is 20.4 Å². The van der Waals surface area contributed by atoms with Gasteiger partial charge in [0.2, 0.25) is 0 Å². The maximum absolute atomic E-state index is 12.5. The van der Waals surface area contributed by atoms with Crippen molar-refractivity contribution in [1.29, 1.82) is 0 Å². The smallest absolute Gasteiger partial charge is 0.274 e. The summed E-state index contributed by atoms with van der Waals surface area (Å²) < 4.78 is 11.0. The number of amides is 1. The highest BCUT2D eigenvalue weighted by atomic mass is 16.5. The van der Waals surface area contributed by atoms with Crippen molar-refractivity contribution in [3.8, 4) is 11.5 Å². The van der Waals surface area contributed by atoms with Gasteiger partial charge in [-0.15, -0.1) is 0 Å². The number of aromatic nitrogens is 4. The Labute approximate surface area is 151 Å². The largest absolute Gasteiger partial charge is 0.493 e. The number of aryl methyl sites for hydroxylation is 1. The van der Waals surface area contributed by atoms with Crippen LogP contribution in [-0.2, 0) is 13.2 Å². The summed E-state index contributed by atoms with van der Waals surface area (Å²) in [7, 11) is 3.30. The zero-order valence-electron chi connectivity index (χ0n) is 14.9. The molecule has 136 valence electrons. The van der Waals surface area contributed by atoms with Crippen LogP contribution in [0.4, 0.5) is 0 Å². The Balaban J connectivity index is 1.60. The number of hydrogen-bond donors (Lipinski definition) is 2. The first-order valence-corrected chi connectivity index (χ1v) is 8.13. The van der Waals surface area contributed by atoms with Crippen LogP contribution in [-0.4, -0.2) is 45.4 Å². The van der Waals surface area contributed by atoms with Gasteiger partial charge in [-0.25, -0.2) is 0 Å². The van der Waals surface area contributed by atoms with Crippen molar-refractivity contribution < 1.29 is 14.3 Å². The van der Waals surface area contributed by atoms with E-state index in [1.165, 1.54) is 0 Å². The van der Waals surface area contributed by atoms with Crippen molar-refractivity contribution in [3.63, 3.8) is 0 Å². The monoisotopic (exact) mass is 355 g/mol. The van der Waals surface area contributed by atoms with Crippen LogP contribution >= 0.6 is 0 Å². The topological polar surface area (TPSA) is 96.1 Å². The van der Waals surface area contributed by atoms with Gasteiger partial charge < -0.3 is 14.4 Å². The molecule has 0 radical (unpaired) electrons. The number of carbonyl (C=O) groups excluding carboxylic acids is 1. The lowest BCUT2D eigenvalue weighted by Gasteiger charge is -2.13. The Hall–Kier alpha value is -3.29. The molecule has 0 bridgehead atoms. The highest BCUT2D eigenvalue weighted by Crippen LogP contribution is 2.26. The molecule has 1 amide bonds. The molecule has 26 heavy (non-hydrogen) atoms. The molecule has 0 atom stereocenters. The van der Waals surface area contributed by atoms with Crippen LogP contribution in [0.1, 0.15) is 27.6 Å². The second-order valence-electron chi connectivity index (χ2n) is 5.92. The molecule has 0 fully saturated rings. The molecule has 0 aliphatic rings. The van der Waals surface area contributed by atoms with Gasteiger partial charge in [0.15, 0.2) is 17.2 Å². The van der Waals surface area contributed by atoms with Crippen molar-refractivity contribution in [2.45, 2.75) is 20.1 Å². The average Bonchev–Trinajstić information content (AvgIpc) is 3.28. The average molecular weight is 355 g/mol. The van der Waals surface area contributed by atoms with Crippen LogP contribution in [0.5, 0.6) is 11.5 Å². The number of aromatic amines is 2. The number of nitrogens with zero attached hydrogens (tertiary/aromatic N) is 3. The third-order valence-electron chi connectivity index (χ3n) is 3.81. The quantitative estimate of drug-likeness (QED) is 0.678. The molecule has 2 heterocycles. The second kappa shape index (κ2) is 7.73. The zero-order chi connectivity index (χ0) is 18.5. The summed E-state index contributed by atoms with van der Waals surface area (Å²) in [6, 6.07) is 11.0. The number of para-hydroxylation sites is 2. The minimum atomic E-state index is -0.189. The molecular formula is C18H21N5O3. The number of nitrogens with one attached hydrogen (secondary N) is 2. The van der Waals surface area contributed by atoms with Gasteiger partial charge in [-0.3, -0.25) is 15.0 Å². The van der Waals surface area contributed by atoms with Crippen molar-refractivity contribution in [1.82, 2.24) is 25.3 Å². The molecule has 8 heteroatoms. The molecule has 0 spiro atoms. The zero-order valence-corrected chi connectivity index (χ0v) is 14.9. The Kier molecular flexibility index (Phi) is 5.21. The Morgan fingerprint density at radius 3 is 2.62 bits per heavy atom. The van der Waals surface area contributed by atoms with E-state index in [0.29, 0.717) is 29.4 Å². The number of rotatable bonds is 7. The lowest BCUT2D eigenvalue weighted by molar-refractivity contribution is 0.0777. The SMILES string of the molecule is COc1ccccc1OCc1cc(C(=O)N(C)Cc2cc(C)[nH]n2)n[nH]1. The van der Waals surface area contributed by atoms with Crippen LogP contribution in [0.25, 0.3) is 0 Å². The lowest BCUT2D eigenvalue weighted by Crippen LogP contribution is -2.26. The molecule has 0 unspecified atom stereocenters. The number of methoxy groups -OCH3 is 1. The fourth-order valence-corrected chi connectivity index (χ4v) is 2.50. The van der Waals surface area contributed by atoms with Crippen LogP contribution in [0, 0.1) is 6.92 Å². The molecule has 0 saturated heterocycles. The van der Waals surface area contributed by atoms with Gasteiger partial charge in [-0.2, -0.15) is 10.2 Å². The fraction of sp³-hybridized carbons (Fsp3) is 0.278. The van der Waals surface area contributed by atoms with Gasteiger partial charge in [0.05, 0.1) is 25.0 Å². The maximum Gasteiger partial charge on any atom is 0.274 e. The number of ether oxygens (including phenoxy) is 2. The van der Waals surface area contributed by atoms with E-state index in [-0.39, 0.29) is 12.5 Å². The molecule has 1 aromatic carbocycles. The number of hydrogen-bond acceptors (Lipinski definition) is 5. The fourth-order valence-electron chi connectivity index (χ4n) is 2.50. The molecule has 0 aliphatic carbocycles. The van der Waals surface area contributed by atoms with Gasteiger partial charge >= 0.3 is 0 Å². The predicted molar refractivity (Wildman–Crippen MR) is 95.0 cm³/mol. The summed E-state index contributed by atoms with van der Waals surface area (Å²) in [6.45, 7) is 2.58. The van der Waals surface area contributed by atoms with Gasteiger partial charge in [-0.05, 0) is 31.2 Å². The van der Waals surface area contributed by atoms with E-state index < -0.39 is 0 Å². The first kappa shape index (κ1) is 17.5. The minimum Gasteiger partial charge on any atom is -0.493 e. The van der Waals surface area contributed by atoms with Gasteiger partial charge in [0.25, 0.3) is 5.91 Å². The molecular weight excluding hydrogens is 334 g/mol. The van der Waals surface area contributed by atoms with Gasteiger partial charge in [0, 0.05) is 12.7 Å². The first-order chi connectivity index (χ1) is 12.6. The van der Waals surface area contributed by atoms with E-state index in [1.54, 1.807) is 25.1 Å². The standard InChI is InChI=1S/C18H21N5O3/c1-12-8-13(20-19-12)10-23(2)18(24)15-9-14(21-22-15)11-26-17-7-5-4-6-16(17)25-3/h4-9H,10-11H2,1-3H3,(H,19,20)(H,21,22). The summed E-state index contributed by atoms with van der Waals surface area (Å²) in [5, 5.41) is 13.9. The van der Waals surface area contributed by atoms with Crippen LogP contribution < -0.4 is 9.47 Å². The molecule has 3 aromatic rings. The third-order valence-corrected chi connectivity index (χ3v) is 3.81. The number of carbonyl (C=O) groups is 1. The van der Waals surface area contributed by atoms with Crippen LogP contribution in [0.2, 0.25) is 0 Å². The summed E-state index contributed by atoms with van der Waals surface area (Å²) in [5.74, 6) is 1.09. The van der Waals surface area contributed by atoms with E-state index in [0.717, 1.165) is 11.4 Å². The maximum atomic E-state index is 12.5. The Morgan fingerprint density at radius 1 is 1.15 bits per heavy atom. The van der Waals surface area contributed by atoms with Crippen molar-refractivity contribution in [2.24, 2.45) is 0 Å². The molecule has 3 rings (SSSR count). The summed E-state index contributed by atoms with van der Waals surface area (Å²) in [6.07, 6.45) is 0. The number of H-pyrrole nitrogens is 2. The van der Waals surface area contributed by atoms with E-state index in [4.69, 9.17) is 9.47 Å². The van der Waals surface area contributed by atoms with Crippen molar-refractivity contribution >= 4 is 5.91 Å². The summed E-state index contributed by atoms with van der Waals surface area (Å²) in [5.41, 5.74) is 2.78. The van der Waals surface area contributed by atoms with Crippen LogP contribution in [0.3, 0.4) is 0 Å². The summed E-state index contributed by atoms with van der Waals surface area (Å²) >= 11 is 0. The van der Waals surface area contributed by atoms with Crippen LogP contribution in [0.15, 0.2) is 36.4 Å².